The fourth-order valence-electron chi connectivity index (χ4n) is 7.14. The van der Waals surface area contributed by atoms with E-state index in [9.17, 15) is 30.8 Å². The minimum atomic E-state index is -3.69. The number of halogens is 5. The summed E-state index contributed by atoms with van der Waals surface area (Å²) in [4.78, 5) is 18.3. The summed E-state index contributed by atoms with van der Waals surface area (Å²) >= 11 is 0. The Kier molecular flexibility index (Phi) is 9.64. The van der Waals surface area contributed by atoms with Gasteiger partial charge in [0.05, 0.1) is 22.3 Å². The third-order valence-corrected chi connectivity index (χ3v) is 11.1. The van der Waals surface area contributed by atoms with Crippen LogP contribution in [0.4, 0.5) is 22.0 Å². The molecule has 0 bridgehead atoms. The van der Waals surface area contributed by atoms with E-state index in [1.54, 1.807) is 31.2 Å². The number of hydrogen-bond donors (Lipinski definition) is 1. The van der Waals surface area contributed by atoms with Crippen LogP contribution in [0, 0.1) is 11.6 Å². The maximum absolute atomic E-state index is 15.6. The highest BCUT2D eigenvalue weighted by molar-refractivity contribution is 7.89. The summed E-state index contributed by atoms with van der Waals surface area (Å²) in [6, 6.07) is 11.6. The number of amides is 1. The number of alkyl halides is 3. The van der Waals surface area contributed by atoms with E-state index in [-0.39, 0.29) is 34.6 Å². The summed E-state index contributed by atoms with van der Waals surface area (Å²) in [5, 5.41) is 6.74. The van der Waals surface area contributed by atoms with Gasteiger partial charge in [0.15, 0.2) is 5.67 Å². The van der Waals surface area contributed by atoms with Crippen LogP contribution in [0.5, 0.6) is 0 Å². The van der Waals surface area contributed by atoms with Crippen molar-refractivity contribution in [2.45, 2.75) is 81.4 Å². The van der Waals surface area contributed by atoms with E-state index in [0.29, 0.717) is 29.9 Å². The van der Waals surface area contributed by atoms with Gasteiger partial charge in [0.25, 0.3) is 6.43 Å². The summed E-state index contributed by atoms with van der Waals surface area (Å²) in [5.74, 6) is -2.90. The van der Waals surface area contributed by atoms with Gasteiger partial charge < -0.3 is 5.32 Å². The maximum atomic E-state index is 15.6. The summed E-state index contributed by atoms with van der Waals surface area (Å²) in [7, 11) is -3.69. The van der Waals surface area contributed by atoms with Crippen LogP contribution < -0.4 is 5.32 Å². The van der Waals surface area contributed by atoms with E-state index >= 15 is 4.39 Å². The number of pyridine rings is 1. The average Bonchev–Trinajstić information content (AvgIpc) is 3.56. The van der Waals surface area contributed by atoms with Crippen molar-refractivity contribution in [2.75, 3.05) is 13.1 Å². The third-order valence-electron chi connectivity index (χ3n) is 9.18. The first-order chi connectivity index (χ1) is 23.2. The number of nitrogens with one attached hydrogen (secondary N) is 1. The SMILES string of the molecule is CC1CC(C)(F)c2c1c(C(F)F)nn2CC(=O)N[C@@H](Cc1cc(F)cc(F)c1)c1ncccc1-c1ccc(S(=O)(=O)N2CCCCC2)cc1. The number of rotatable bonds is 10. The quantitative estimate of drug-likeness (QED) is 0.178. The number of hydrogen-bond acceptors (Lipinski definition) is 5. The standard InChI is InChI=1S/C35H36F5N5O3S/c1-21-19-35(2,40)33-30(21)32(34(38)39)43-45(33)20-29(46)42-28(17-22-15-24(36)18-25(37)16-22)31-27(7-6-12-41-31)23-8-10-26(11-9-23)49(47,48)44-13-4-3-5-14-44/h6-12,15-16,18,21,28,34H,3-5,13-14,17,19-20H2,1-2H3,(H,42,46)/t21?,28-,35?/m0/s1. The van der Waals surface area contributed by atoms with Crippen molar-refractivity contribution in [2.24, 2.45) is 0 Å². The van der Waals surface area contributed by atoms with Gasteiger partial charge in [-0.05, 0) is 80.0 Å². The van der Waals surface area contributed by atoms with Crippen molar-refractivity contribution in [3.63, 3.8) is 0 Å². The first kappa shape index (κ1) is 34.7. The zero-order valence-corrected chi connectivity index (χ0v) is 27.8. The van der Waals surface area contributed by atoms with Crippen LogP contribution in [0.2, 0.25) is 0 Å². The second-order valence-electron chi connectivity index (χ2n) is 12.9. The van der Waals surface area contributed by atoms with E-state index < -0.39 is 63.9 Å². The van der Waals surface area contributed by atoms with Crippen LogP contribution in [0.25, 0.3) is 11.1 Å². The van der Waals surface area contributed by atoms with E-state index in [0.717, 1.165) is 42.1 Å². The Morgan fingerprint density at radius 3 is 2.35 bits per heavy atom. The Morgan fingerprint density at radius 1 is 1.02 bits per heavy atom. The second kappa shape index (κ2) is 13.6. The minimum Gasteiger partial charge on any atom is -0.346 e. The number of carbonyl (C=O) groups is 1. The van der Waals surface area contributed by atoms with E-state index in [2.05, 4.69) is 15.4 Å². The molecule has 3 atom stereocenters. The monoisotopic (exact) mass is 701 g/mol. The fourth-order valence-corrected chi connectivity index (χ4v) is 8.65. The van der Waals surface area contributed by atoms with Gasteiger partial charge in [-0.2, -0.15) is 9.40 Å². The lowest BCUT2D eigenvalue weighted by Gasteiger charge is -2.26. The molecule has 260 valence electrons. The lowest BCUT2D eigenvalue weighted by molar-refractivity contribution is -0.122. The van der Waals surface area contributed by atoms with Gasteiger partial charge in [-0.15, -0.1) is 0 Å². The van der Waals surface area contributed by atoms with Crippen LogP contribution in [-0.2, 0) is 33.5 Å². The third kappa shape index (κ3) is 7.11. The second-order valence-corrected chi connectivity index (χ2v) is 14.9. The first-order valence-electron chi connectivity index (χ1n) is 16.1. The maximum Gasteiger partial charge on any atom is 0.282 e. The molecule has 6 rings (SSSR count). The van der Waals surface area contributed by atoms with Crippen molar-refractivity contribution in [3.05, 3.63) is 101 Å². The van der Waals surface area contributed by atoms with Crippen LogP contribution >= 0.6 is 0 Å². The lowest BCUT2D eigenvalue weighted by Crippen LogP contribution is -2.35. The van der Waals surface area contributed by atoms with Crippen LogP contribution in [0.3, 0.4) is 0 Å². The Morgan fingerprint density at radius 2 is 1.69 bits per heavy atom. The van der Waals surface area contributed by atoms with Gasteiger partial charge in [-0.25, -0.2) is 30.4 Å². The molecule has 2 aromatic heterocycles. The molecule has 1 amide bonds. The van der Waals surface area contributed by atoms with Gasteiger partial charge in [0.1, 0.15) is 23.9 Å². The minimum absolute atomic E-state index is 0.0370. The molecule has 4 aromatic rings. The van der Waals surface area contributed by atoms with Gasteiger partial charge in [-0.1, -0.05) is 31.5 Å². The molecule has 1 aliphatic heterocycles. The summed E-state index contributed by atoms with van der Waals surface area (Å²) in [6.07, 6.45) is 0.910. The molecule has 1 fully saturated rings. The molecule has 1 saturated heterocycles. The topological polar surface area (TPSA) is 97.2 Å². The predicted octanol–water partition coefficient (Wildman–Crippen LogP) is 7.13. The van der Waals surface area contributed by atoms with E-state index in [1.165, 1.54) is 29.6 Å². The molecule has 14 heteroatoms. The Balaban J connectivity index is 1.34. The molecular formula is C35H36F5N5O3S. The predicted molar refractivity (Wildman–Crippen MR) is 172 cm³/mol. The highest BCUT2D eigenvalue weighted by Gasteiger charge is 2.46. The van der Waals surface area contributed by atoms with Crippen molar-refractivity contribution in [1.82, 2.24) is 24.4 Å². The smallest absolute Gasteiger partial charge is 0.282 e. The number of sulfonamides is 1. The summed E-state index contributed by atoms with van der Waals surface area (Å²) in [5.41, 5.74) is -0.959. The molecule has 0 radical (unpaired) electrons. The number of benzene rings is 2. The van der Waals surface area contributed by atoms with Crippen LogP contribution in [0.1, 0.15) is 86.1 Å². The zero-order valence-electron chi connectivity index (χ0n) is 27.0. The van der Waals surface area contributed by atoms with Gasteiger partial charge in [0, 0.05) is 36.5 Å². The normalized spacial score (nSPS) is 20.4. The number of piperidine rings is 1. The van der Waals surface area contributed by atoms with E-state index in [1.807, 2.05) is 0 Å². The number of nitrogens with zero attached hydrogens (tertiary/aromatic N) is 4. The van der Waals surface area contributed by atoms with E-state index in [4.69, 9.17) is 0 Å². The number of aromatic nitrogens is 3. The van der Waals surface area contributed by atoms with Crippen molar-refractivity contribution < 1.29 is 35.2 Å². The van der Waals surface area contributed by atoms with Crippen molar-refractivity contribution in [1.29, 1.82) is 0 Å². The molecule has 1 N–H and O–H groups in total. The van der Waals surface area contributed by atoms with Gasteiger partial charge in [0.2, 0.25) is 15.9 Å². The number of carbonyl (C=O) groups excluding carboxylic acids is 1. The van der Waals surface area contributed by atoms with Gasteiger partial charge in [-0.3, -0.25) is 14.5 Å². The largest absolute Gasteiger partial charge is 0.346 e. The Labute approximate surface area is 281 Å². The summed E-state index contributed by atoms with van der Waals surface area (Å²) in [6.45, 7) is 3.21. The molecule has 1 aliphatic carbocycles. The molecule has 0 saturated carbocycles. The fraction of sp³-hybridized carbons (Fsp3) is 0.400. The molecule has 49 heavy (non-hydrogen) atoms. The Hall–Kier alpha value is -4.17. The molecule has 2 aromatic carbocycles. The molecule has 8 nitrogen and oxygen atoms in total. The van der Waals surface area contributed by atoms with Crippen molar-refractivity contribution in [3.8, 4) is 11.1 Å². The molecule has 2 aliphatic rings. The van der Waals surface area contributed by atoms with Crippen LogP contribution in [-0.4, -0.2) is 46.5 Å². The highest BCUT2D eigenvalue weighted by Crippen LogP contribution is 2.49. The van der Waals surface area contributed by atoms with Crippen LogP contribution in [0.15, 0.2) is 65.7 Å². The zero-order chi connectivity index (χ0) is 35.1. The molecule has 0 spiro atoms. The first-order valence-corrected chi connectivity index (χ1v) is 17.6. The molecular weight excluding hydrogens is 665 g/mol. The lowest BCUT2D eigenvalue weighted by atomic mass is 9.95. The average molecular weight is 702 g/mol. The van der Waals surface area contributed by atoms with Crippen molar-refractivity contribution >= 4 is 15.9 Å². The highest BCUT2D eigenvalue weighted by atomic mass is 32.2. The summed E-state index contributed by atoms with van der Waals surface area (Å²) < 4.78 is 101. The molecule has 3 heterocycles. The van der Waals surface area contributed by atoms with Gasteiger partial charge >= 0.3 is 0 Å². The number of fused-ring (bicyclic) bond motifs is 1. The molecule has 2 unspecified atom stereocenters. The Bertz CT molecular complexity index is 1940.